The molecule has 310 valence electrons. The maximum Gasteiger partial charge on any atom is 0.407 e. The molecule has 4 atom stereocenters. The molecule has 2 saturated heterocycles. The van der Waals surface area contributed by atoms with Crippen molar-refractivity contribution in [2.24, 2.45) is 17.3 Å². The highest BCUT2D eigenvalue weighted by Crippen LogP contribution is 2.58. The molecule has 2 aliphatic carbocycles. The zero-order valence-electron chi connectivity index (χ0n) is 34.3. The Balaban J connectivity index is 0.940. The maximum atomic E-state index is 14.0. The van der Waals surface area contributed by atoms with Crippen LogP contribution in [0.5, 0.6) is 0 Å². The normalized spacial score (nSPS) is 20.9. The van der Waals surface area contributed by atoms with Gasteiger partial charge in [0.15, 0.2) is 0 Å². The second-order valence-corrected chi connectivity index (χ2v) is 17.1. The van der Waals surface area contributed by atoms with Crippen LogP contribution in [0, 0.1) is 29.1 Å². The van der Waals surface area contributed by atoms with Gasteiger partial charge in [0.1, 0.15) is 23.7 Å². The predicted octanol–water partition coefficient (Wildman–Crippen LogP) is 6.76. The van der Waals surface area contributed by atoms with Gasteiger partial charge in [-0.3, -0.25) is 9.59 Å². The molecule has 59 heavy (non-hydrogen) atoms. The van der Waals surface area contributed by atoms with E-state index < -0.39 is 24.3 Å². The highest BCUT2D eigenvalue weighted by Gasteiger charge is 2.55. The van der Waals surface area contributed by atoms with Gasteiger partial charge in [-0.25, -0.2) is 19.6 Å². The van der Waals surface area contributed by atoms with Gasteiger partial charge in [-0.1, -0.05) is 57.1 Å². The van der Waals surface area contributed by atoms with Gasteiger partial charge >= 0.3 is 12.2 Å². The average molecular weight is 803 g/mol. The highest BCUT2D eigenvalue weighted by atomic mass is 16.5. The second-order valence-electron chi connectivity index (χ2n) is 17.1. The van der Waals surface area contributed by atoms with Gasteiger partial charge in [-0.15, -0.1) is 0 Å². The first-order valence-electron chi connectivity index (χ1n) is 21.0. The monoisotopic (exact) mass is 802 g/mol. The Bertz CT molecular complexity index is 2260. The van der Waals surface area contributed by atoms with Crippen LogP contribution in [0.2, 0.25) is 0 Å². The van der Waals surface area contributed by atoms with Crippen molar-refractivity contribution in [3.8, 4) is 23.1 Å². The minimum Gasteiger partial charge on any atom is -0.453 e. The lowest BCUT2D eigenvalue weighted by Gasteiger charge is -2.34. The van der Waals surface area contributed by atoms with Crippen LogP contribution in [0.4, 0.5) is 9.59 Å². The number of benzene rings is 2. The third-order valence-corrected chi connectivity index (χ3v) is 12.8. The lowest BCUT2D eigenvalue weighted by molar-refractivity contribution is -0.136. The summed E-state index contributed by atoms with van der Waals surface area (Å²) in [6.45, 7) is 5.10. The van der Waals surface area contributed by atoms with Crippen molar-refractivity contribution >= 4 is 35.0 Å². The Morgan fingerprint density at radius 1 is 0.814 bits per heavy atom. The summed E-state index contributed by atoms with van der Waals surface area (Å²) in [4.78, 5) is 72.6. The van der Waals surface area contributed by atoms with Gasteiger partial charge in [-0.05, 0) is 98.1 Å². The minimum absolute atomic E-state index is 0.0668. The number of aromatic amines is 2. The first-order chi connectivity index (χ1) is 28.5. The second kappa shape index (κ2) is 16.8. The summed E-state index contributed by atoms with van der Waals surface area (Å²) < 4.78 is 9.70. The number of H-pyrrole nitrogens is 2. The van der Waals surface area contributed by atoms with E-state index in [0.717, 1.165) is 109 Å². The summed E-state index contributed by atoms with van der Waals surface area (Å²) in [6, 6.07) is 12.2. The quantitative estimate of drug-likeness (QED) is 0.134. The van der Waals surface area contributed by atoms with Crippen molar-refractivity contribution in [1.82, 2.24) is 40.4 Å². The van der Waals surface area contributed by atoms with Gasteiger partial charge in [0, 0.05) is 24.2 Å². The summed E-state index contributed by atoms with van der Waals surface area (Å²) in [5.41, 5.74) is 5.26. The van der Waals surface area contributed by atoms with E-state index in [1.54, 1.807) is 0 Å². The molecule has 14 nitrogen and oxygen atoms in total. The summed E-state index contributed by atoms with van der Waals surface area (Å²) in [5, 5.41) is 5.60. The van der Waals surface area contributed by atoms with E-state index >= 15 is 0 Å². The Morgan fingerprint density at radius 3 is 2.24 bits per heavy atom. The number of carbonyl (C=O) groups excluding carboxylic acids is 4. The van der Waals surface area contributed by atoms with Crippen molar-refractivity contribution in [3.63, 3.8) is 0 Å². The van der Waals surface area contributed by atoms with E-state index in [1.807, 2.05) is 72.3 Å². The SMILES string of the molecule is COC(=O)N[C@H](C(=O)N1CCC[C@H]1c1ncc(-c2ccc(C#Cc3ccc4nc([C@@H]5CC6(CC6)CN5C(=O)[C@H](NC(=O)OC)C(C)C)[nH]c4c3)cc2)[nH]1)C1CCCCC1. The Kier molecular flexibility index (Phi) is 11.4. The fourth-order valence-electron chi connectivity index (χ4n) is 9.27. The van der Waals surface area contributed by atoms with Crippen LogP contribution in [0.3, 0.4) is 0 Å². The van der Waals surface area contributed by atoms with Gasteiger partial charge < -0.3 is 39.9 Å². The molecule has 4 aromatic rings. The molecule has 4 N–H and O–H groups in total. The third kappa shape index (κ3) is 8.51. The van der Waals surface area contributed by atoms with E-state index in [0.29, 0.717) is 13.1 Å². The number of amides is 4. The number of fused-ring (bicyclic) bond motifs is 1. The Hall–Kier alpha value is -5.84. The first-order valence-corrected chi connectivity index (χ1v) is 21.0. The smallest absolute Gasteiger partial charge is 0.407 e. The zero-order chi connectivity index (χ0) is 41.3. The number of hydrogen-bond donors (Lipinski definition) is 4. The molecule has 2 saturated carbocycles. The van der Waals surface area contributed by atoms with Crippen LogP contribution < -0.4 is 10.6 Å². The molecule has 14 heteroatoms. The Morgan fingerprint density at radius 2 is 1.53 bits per heavy atom. The summed E-state index contributed by atoms with van der Waals surface area (Å²) in [7, 11) is 2.63. The molecule has 2 aromatic heterocycles. The van der Waals surface area contributed by atoms with Gasteiger partial charge in [-0.2, -0.15) is 0 Å². The van der Waals surface area contributed by atoms with E-state index in [9.17, 15) is 19.2 Å². The van der Waals surface area contributed by atoms with Crippen molar-refractivity contribution in [2.45, 2.75) is 102 Å². The number of hydrogen-bond acceptors (Lipinski definition) is 8. The van der Waals surface area contributed by atoms with E-state index in [1.165, 1.54) is 14.2 Å². The van der Waals surface area contributed by atoms with Crippen molar-refractivity contribution in [1.29, 1.82) is 0 Å². The maximum absolute atomic E-state index is 14.0. The number of likely N-dealkylation sites (tertiary alicyclic amines) is 2. The van der Waals surface area contributed by atoms with E-state index in [-0.39, 0.29) is 41.1 Å². The number of imidazole rings is 2. The van der Waals surface area contributed by atoms with Crippen molar-refractivity contribution in [2.75, 3.05) is 27.3 Å². The molecule has 0 unspecified atom stereocenters. The predicted molar refractivity (Wildman–Crippen MR) is 221 cm³/mol. The van der Waals surface area contributed by atoms with Gasteiger partial charge in [0.25, 0.3) is 0 Å². The molecule has 4 fully saturated rings. The molecule has 4 aliphatic rings. The molecule has 4 amide bonds. The number of methoxy groups -OCH3 is 2. The molecule has 4 heterocycles. The molecule has 8 rings (SSSR count). The van der Waals surface area contributed by atoms with Crippen LogP contribution in [0.1, 0.15) is 113 Å². The van der Waals surface area contributed by atoms with Crippen LogP contribution >= 0.6 is 0 Å². The summed E-state index contributed by atoms with van der Waals surface area (Å²) in [5.74, 6) is 7.85. The van der Waals surface area contributed by atoms with Crippen LogP contribution in [-0.4, -0.2) is 93.1 Å². The average Bonchev–Trinajstić information content (AvgIpc) is 3.74. The molecule has 1 spiro atoms. The van der Waals surface area contributed by atoms with E-state index in [4.69, 9.17) is 19.4 Å². The topological polar surface area (TPSA) is 175 Å². The third-order valence-electron chi connectivity index (χ3n) is 12.8. The van der Waals surface area contributed by atoms with Crippen molar-refractivity contribution < 1.29 is 28.7 Å². The summed E-state index contributed by atoms with van der Waals surface area (Å²) >= 11 is 0. The molecule has 2 aliphatic heterocycles. The highest BCUT2D eigenvalue weighted by molar-refractivity contribution is 5.87. The summed E-state index contributed by atoms with van der Waals surface area (Å²) in [6.07, 6.45) is 10.3. The number of nitrogens with zero attached hydrogens (tertiary/aromatic N) is 4. The van der Waals surface area contributed by atoms with Gasteiger partial charge in [0.2, 0.25) is 11.8 Å². The standard InChI is InChI=1S/C45H54N8O6/c1-27(2)37(50-43(56)58-3)41(54)53-26-45(20-21-45)24-36(53)40-47-32-19-16-29(23-33(32)48-40)13-12-28-14-17-30(18-15-28)34-25-46-39(49-34)35-11-8-22-52(35)42(55)38(51-44(57)59-4)31-9-6-5-7-10-31/h14-19,23,25,27,31,35-38H,5-11,20-22,24,26H2,1-4H3,(H,46,49)(H,47,48)(H,50,56)(H,51,57)/t35-,36-,37+,38-/m0/s1. The lowest BCUT2D eigenvalue weighted by atomic mass is 9.83. The number of ether oxygens (including phenoxy) is 2. The van der Waals surface area contributed by atoms with Gasteiger partial charge in [0.05, 0.1) is 49.2 Å². The fraction of sp³-hybridized carbons (Fsp3) is 0.511. The number of carbonyl (C=O) groups is 4. The molecule has 0 radical (unpaired) electrons. The van der Waals surface area contributed by atoms with Crippen LogP contribution in [0.25, 0.3) is 22.3 Å². The molecular formula is C45H54N8O6. The lowest BCUT2D eigenvalue weighted by Crippen LogP contribution is -2.52. The minimum atomic E-state index is -0.695. The van der Waals surface area contributed by atoms with Crippen LogP contribution in [-0.2, 0) is 19.1 Å². The van der Waals surface area contributed by atoms with E-state index in [2.05, 4.69) is 32.4 Å². The first kappa shape index (κ1) is 40.0. The molecule has 2 aromatic carbocycles. The molecule has 0 bridgehead atoms. The fourth-order valence-corrected chi connectivity index (χ4v) is 9.27. The Labute approximate surface area is 344 Å². The number of rotatable bonds is 9. The largest absolute Gasteiger partial charge is 0.453 e. The van der Waals surface area contributed by atoms with Crippen LogP contribution in [0.15, 0.2) is 48.7 Å². The zero-order valence-corrected chi connectivity index (χ0v) is 34.3. The number of aromatic nitrogens is 4. The van der Waals surface area contributed by atoms with Crippen molar-refractivity contribution in [3.05, 3.63) is 71.4 Å². The number of nitrogens with one attached hydrogen (secondary N) is 4. The number of alkyl carbamates (subject to hydrolysis) is 2. The molecular weight excluding hydrogens is 749 g/mol.